The molecule has 4 nitrogen and oxygen atoms in total. The minimum Gasteiger partial charge on any atom is -0.199 e. The second kappa shape index (κ2) is 23.9. The molecule has 7 heteroatoms. The maximum atomic E-state index is 11.8. The predicted octanol–water partition coefficient (Wildman–Crippen LogP) is 15.8. The standard InChI is InChI=1S/C44H56O4S2.2C7H7.Ti/c1-43(2,3)35-23-33(41(45)37(25-35)47-27-31-17-11-9-12-18-31)29-49-39-21-15-7-8-16-22-40(39)50-30-34-24-36(44(4,5)6)26-38(42(34)46)48-28-32-19-13-10-14-20-32;2*1-7-5-3-2-4-6-7;/h9-14,17-20,23-26,39-40,45-46H,7-8,15-16,21-22,27-30H2,1-6H3;2*2-6H,1H2;/q;2*-1;/t39-,40?;;;/m0.../s1. The molecule has 1 aliphatic carbocycles. The Morgan fingerprint density at radius 1 is 0.508 bits per heavy atom. The molecule has 0 spiro atoms. The molecule has 2 aliphatic rings. The van der Waals surface area contributed by atoms with Crippen molar-refractivity contribution in [3.8, 4) is 23.0 Å². The molecule has 65 heavy (non-hydrogen) atoms. The Bertz CT molecular complexity index is 2320. The Kier molecular flexibility index (Phi) is 18.4. The van der Waals surface area contributed by atoms with Gasteiger partial charge >= 0.3 is 319 Å². The zero-order valence-corrected chi connectivity index (χ0v) is 42.7. The molecule has 0 bridgehead atoms. The molecule has 2 N–H and O–H groups in total. The summed E-state index contributed by atoms with van der Waals surface area (Å²) in [4.78, 5) is 0. The monoisotopic (exact) mass is 942 g/mol. The van der Waals surface area contributed by atoms with Crippen LogP contribution in [-0.4, -0.2) is 20.7 Å². The summed E-state index contributed by atoms with van der Waals surface area (Å²) >= 11 is -0.361. The molecule has 6 aromatic carbocycles. The summed E-state index contributed by atoms with van der Waals surface area (Å²) in [5.74, 6) is 3.71. The van der Waals surface area contributed by atoms with E-state index in [-0.39, 0.29) is 42.2 Å². The zero-order chi connectivity index (χ0) is 46.4. The summed E-state index contributed by atoms with van der Waals surface area (Å²) in [5.41, 5.74) is 8.73. The fraction of sp³-hybridized carbons (Fsp3) is 0.345. The topological polar surface area (TPSA) is 58.9 Å². The summed E-state index contributed by atoms with van der Waals surface area (Å²) in [6.45, 7) is 21.8. The van der Waals surface area contributed by atoms with E-state index in [0.29, 0.717) is 46.7 Å². The van der Waals surface area contributed by atoms with Gasteiger partial charge in [0, 0.05) is 0 Å². The minimum absolute atomic E-state index is 0.0642. The molecule has 6 aromatic rings. The van der Waals surface area contributed by atoms with Gasteiger partial charge in [0.2, 0.25) is 0 Å². The number of aromatic hydroxyl groups is 2. The van der Waals surface area contributed by atoms with Crippen LogP contribution in [0, 0.1) is 13.8 Å². The van der Waals surface area contributed by atoms with Crippen molar-refractivity contribution in [3.05, 3.63) is 204 Å². The van der Waals surface area contributed by atoms with Gasteiger partial charge in [0.1, 0.15) is 0 Å². The number of benzene rings is 6. The van der Waals surface area contributed by atoms with E-state index in [0.717, 1.165) is 44.9 Å². The molecule has 0 saturated heterocycles. The third-order valence-corrected chi connectivity index (χ3v) is 27.8. The van der Waals surface area contributed by atoms with Crippen molar-refractivity contribution in [3.63, 3.8) is 0 Å². The number of phenols is 2. The van der Waals surface area contributed by atoms with E-state index in [1.54, 1.807) is 0 Å². The van der Waals surface area contributed by atoms with Gasteiger partial charge in [-0.2, -0.15) is 49.2 Å². The van der Waals surface area contributed by atoms with Gasteiger partial charge in [-0.15, -0.1) is 24.3 Å². The molecule has 344 valence electrons. The van der Waals surface area contributed by atoms with Crippen molar-refractivity contribution in [1.29, 1.82) is 0 Å². The quantitative estimate of drug-likeness (QED) is 0.106. The van der Waals surface area contributed by atoms with Gasteiger partial charge in [-0.1, -0.05) is 12.1 Å². The van der Waals surface area contributed by atoms with Crippen LogP contribution in [-0.2, 0) is 51.0 Å². The van der Waals surface area contributed by atoms with Crippen molar-refractivity contribution in [1.82, 2.24) is 0 Å². The molecule has 1 saturated carbocycles. The summed E-state index contributed by atoms with van der Waals surface area (Å²) in [6, 6.07) is 48.8. The maximum absolute atomic E-state index is 11.8. The van der Waals surface area contributed by atoms with Gasteiger partial charge in [-0.3, -0.25) is 0 Å². The summed E-state index contributed by atoms with van der Waals surface area (Å²) in [6.07, 6.45) is 7.83. The van der Waals surface area contributed by atoms with Gasteiger partial charge in [0.15, 0.2) is 0 Å². The number of ether oxygens (including phenoxy) is 2. The van der Waals surface area contributed by atoms with Gasteiger partial charge < -0.3 is 0 Å². The number of fused-ring (bicyclic) bond motifs is 1. The first kappa shape index (κ1) is 50.1. The fourth-order valence-electron chi connectivity index (χ4n) is 8.00. The van der Waals surface area contributed by atoms with E-state index in [9.17, 15) is 10.2 Å². The Labute approximate surface area is 401 Å². The normalized spacial score (nSPS) is 18.1. The number of hydrogen-bond acceptors (Lipinski definition) is 4. The van der Waals surface area contributed by atoms with E-state index in [4.69, 9.17) is 9.47 Å². The molecule has 0 aromatic heterocycles. The van der Waals surface area contributed by atoms with E-state index >= 15 is 0 Å². The summed E-state index contributed by atoms with van der Waals surface area (Å²) < 4.78 is 12.7. The minimum atomic E-state index is -0.361. The summed E-state index contributed by atoms with van der Waals surface area (Å²) in [7, 11) is 0.471. The largest absolute Gasteiger partial charge is 0.199 e. The molecule has 1 aliphatic heterocycles. The first-order chi connectivity index (χ1) is 31.2. The first-order valence-electron chi connectivity index (χ1n) is 23.1. The second-order valence-electron chi connectivity index (χ2n) is 19.3. The van der Waals surface area contributed by atoms with E-state index in [1.807, 2.05) is 97.1 Å². The molecule has 0 radical (unpaired) electrons. The van der Waals surface area contributed by atoms with Crippen LogP contribution in [0.4, 0.5) is 0 Å². The molecular weight excluding hydrogens is 873 g/mol. The third kappa shape index (κ3) is 15.1. The molecule has 2 unspecified atom stereocenters. The third-order valence-electron chi connectivity index (χ3n) is 11.9. The Hall–Kier alpha value is -4.33. The Balaban J connectivity index is 0.000000424. The molecule has 4 atom stereocenters. The van der Waals surface area contributed by atoms with E-state index in [1.165, 1.54) is 49.7 Å². The smallest absolute Gasteiger partial charge is 0.0866 e. The van der Waals surface area contributed by atoms with Crippen molar-refractivity contribution < 1.29 is 35.1 Å². The summed E-state index contributed by atoms with van der Waals surface area (Å²) in [5, 5.41) is 24.9. The second-order valence-corrected chi connectivity index (χ2v) is 30.7. The number of phenolic OH excluding ortho intramolecular Hbond substituents is 2. The van der Waals surface area contributed by atoms with Crippen molar-refractivity contribution in [2.24, 2.45) is 0 Å². The first-order valence-corrected chi connectivity index (χ1v) is 29.9. The Morgan fingerprint density at radius 2 is 0.846 bits per heavy atom. The molecule has 8 rings (SSSR count). The molecular formula is C58H70O4S2Ti-2. The average molecular weight is 943 g/mol. The van der Waals surface area contributed by atoms with Crippen LogP contribution in [0.15, 0.2) is 146 Å². The van der Waals surface area contributed by atoms with Crippen LogP contribution in [0.5, 0.6) is 23.0 Å². The molecule has 1 fully saturated rings. The van der Waals surface area contributed by atoms with Crippen LogP contribution in [0.2, 0.25) is 0 Å². The van der Waals surface area contributed by atoms with E-state index in [2.05, 4.69) is 104 Å². The predicted molar refractivity (Wildman–Crippen MR) is 275 cm³/mol. The molecule has 0 amide bonds. The number of rotatable bonds is 10. The van der Waals surface area contributed by atoms with Crippen LogP contribution in [0.25, 0.3) is 0 Å². The maximum Gasteiger partial charge on any atom is -0.0866 e. The van der Waals surface area contributed by atoms with Crippen molar-refractivity contribution >= 4 is 15.9 Å². The Morgan fingerprint density at radius 3 is 1.15 bits per heavy atom. The van der Waals surface area contributed by atoms with E-state index < -0.39 is 0 Å². The van der Waals surface area contributed by atoms with Crippen molar-refractivity contribution in [2.75, 3.05) is 0 Å². The average Bonchev–Trinajstić information content (AvgIpc) is 3.58. The van der Waals surface area contributed by atoms with Gasteiger partial charge in [-0.25, -0.2) is 0 Å². The van der Waals surface area contributed by atoms with Gasteiger partial charge in [-0.05, 0) is 0 Å². The van der Waals surface area contributed by atoms with Gasteiger partial charge in [0.25, 0.3) is 0 Å². The van der Waals surface area contributed by atoms with Gasteiger partial charge in [0.05, 0.1) is 0 Å². The van der Waals surface area contributed by atoms with Crippen LogP contribution < -0.4 is 9.47 Å². The number of hydrogen-bond donors (Lipinski definition) is 2. The van der Waals surface area contributed by atoms with Crippen LogP contribution >= 0.6 is 15.9 Å². The van der Waals surface area contributed by atoms with Crippen LogP contribution in [0.3, 0.4) is 0 Å². The zero-order valence-electron chi connectivity index (χ0n) is 39.5. The fourth-order valence-corrected chi connectivity index (χ4v) is 28.8. The van der Waals surface area contributed by atoms with Crippen LogP contribution in [0.1, 0.15) is 125 Å². The SMILES string of the molecule is CC(C)(C)c1cc(C[S]2=[Ti]=[S@@](Cc3cc(C(C)(C)C)cc(OCc4ccccc4)c3O)C3CCCCCC[C@@H]32)c(O)c(OCc2ccccc2)c1.[CH2-]c1ccccc1.[CH2-]c1ccccc1. The van der Waals surface area contributed by atoms with Crippen molar-refractivity contribution in [2.45, 2.75) is 126 Å². The molecule has 1 heterocycles.